The molecule has 0 saturated heterocycles. The lowest BCUT2D eigenvalue weighted by atomic mass is 10.0. The molecule has 2 aromatic heterocycles. The maximum Gasteiger partial charge on any atom is 0.410 e. The molecule has 0 radical (unpaired) electrons. The molecule has 0 aliphatic carbocycles. The summed E-state index contributed by atoms with van der Waals surface area (Å²) in [5.41, 5.74) is 7.84. The van der Waals surface area contributed by atoms with Crippen LogP contribution < -0.4 is 0 Å². The highest BCUT2D eigenvalue weighted by molar-refractivity contribution is 5.85. The van der Waals surface area contributed by atoms with Crippen LogP contribution in [0, 0.1) is 13.8 Å². The number of amides is 1. The van der Waals surface area contributed by atoms with Crippen molar-refractivity contribution in [3.63, 3.8) is 0 Å². The van der Waals surface area contributed by atoms with Crippen molar-refractivity contribution in [1.82, 2.24) is 24.9 Å². The molecule has 1 aliphatic rings. The summed E-state index contributed by atoms with van der Waals surface area (Å²) in [5, 5.41) is 13.2. The number of nitrogens with one attached hydrogen (secondary N) is 1. The fourth-order valence-corrected chi connectivity index (χ4v) is 4.36. The summed E-state index contributed by atoms with van der Waals surface area (Å²) in [6.45, 7) is 10.7. The monoisotopic (exact) mass is 429 g/mol. The summed E-state index contributed by atoms with van der Waals surface area (Å²) in [5.74, 6) is 0. The lowest BCUT2D eigenvalue weighted by molar-refractivity contribution is 0.0239. The van der Waals surface area contributed by atoms with E-state index < -0.39 is 5.60 Å². The first kappa shape index (κ1) is 20.3. The van der Waals surface area contributed by atoms with Crippen LogP contribution in [-0.2, 0) is 17.8 Å². The molecule has 3 heterocycles. The number of nitrogens with zero attached hydrogens (tertiary/aromatic N) is 4. The minimum Gasteiger partial charge on any atom is -0.444 e. The van der Waals surface area contributed by atoms with Gasteiger partial charge in [0.2, 0.25) is 0 Å². The molecule has 5 rings (SSSR count). The zero-order valence-corrected chi connectivity index (χ0v) is 19.1. The zero-order chi connectivity index (χ0) is 22.6. The van der Waals surface area contributed by atoms with E-state index in [2.05, 4.69) is 54.4 Å². The molecule has 0 spiro atoms. The molecule has 4 aromatic rings. The number of para-hydroxylation sites is 1. The molecular formula is C25H27N5O2. The highest BCUT2D eigenvalue weighted by Gasteiger charge is 2.34. The maximum atomic E-state index is 12.7. The Morgan fingerprint density at radius 2 is 1.84 bits per heavy atom. The molecule has 0 saturated carbocycles. The average molecular weight is 430 g/mol. The van der Waals surface area contributed by atoms with Gasteiger partial charge in [-0.1, -0.05) is 24.3 Å². The summed E-state index contributed by atoms with van der Waals surface area (Å²) in [6.07, 6.45) is 1.51. The Balaban J connectivity index is 1.65. The number of fused-ring (bicyclic) bond motifs is 2. The molecule has 2 aromatic carbocycles. The minimum atomic E-state index is -0.537. The summed E-state index contributed by atoms with van der Waals surface area (Å²) in [7, 11) is 0. The number of rotatable bonds is 2. The van der Waals surface area contributed by atoms with Gasteiger partial charge in [-0.25, -0.2) is 9.48 Å². The number of carbonyl (C=O) groups excluding carboxylic acids is 1. The van der Waals surface area contributed by atoms with E-state index in [1.165, 1.54) is 0 Å². The van der Waals surface area contributed by atoms with E-state index in [0.717, 1.165) is 50.2 Å². The normalized spacial score (nSPS) is 13.6. The van der Waals surface area contributed by atoms with Gasteiger partial charge in [0.05, 0.1) is 41.9 Å². The molecule has 0 unspecified atom stereocenters. The van der Waals surface area contributed by atoms with E-state index in [0.29, 0.717) is 13.1 Å². The molecule has 1 N–H and O–H groups in total. The van der Waals surface area contributed by atoms with Gasteiger partial charge < -0.3 is 4.74 Å². The Hall–Kier alpha value is -3.61. The number of H-pyrrole nitrogens is 1. The predicted molar refractivity (Wildman–Crippen MR) is 124 cm³/mol. The van der Waals surface area contributed by atoms with Crippen LogP contribution in [0.3, 0.4) is 0 Å². The standard InChI is InChI=1S/C25H27N5O2/c1-15-7-6-8-16(2)22(15)30-23(17-9-10-20-18(11-17)12-26-27-20)19-13-29(14-21(19)28-30)24(31)32-25(3,4)5/h6-12H,13-14H2,1-5H3,(H,26,27). The smallest absolute Gasteiger partial charge is 0.410 e. The minimum absolute atomic E-state index is 0.314. The van der Waals surface area contributed by atoms with Crippen molar-refractivity contribution in [1.29, 1.82) is 0 Å². The van der Waals surface area contributed by atoms with Crippen LogP contribution in [0.15, 0.2) is 42.6 Å². The zero-order valence-electron chi connectivity index (χ0n) is 19.1. The number of hydrogen-bond donors (Lipinski definition) is 1. The van der Waals surface area contributed by atoms with Gasteiger partial charge in [0.25, 0.3) is 0 Å². The van der Waals surface area contributed by atoms with Crippen molar-refractivity contribution in [2.45, 2.75) is 53.3 Å². The lowest BCUT2D eigenvalue weighted by Crippen LogP contribution is -2.33. The number of aryl methyl sites for hydroxylation is 2. The van der Waals surface area contributed by atoms with Crippen molar-refractivity contribution in [2.75, 3.05) is 0 Å². The summed E-state index contributed by atoms with van der Waals surface area (Å²) in [4.78, 5) is 14.5. The SMILES string of the molecule is Cc1cccc(C)c1-n1nc2c(c1-c1ccc3[nH]ncc3c1)CN(C(=O)OC(C)(C)C)C2. The third-order valence-electron chi connectivity index (χ3n) is 5.77. The van der Waals surface area contributed by atoms with Crippen LogP contribution in [0.25, 0.3) is 27.8 Å². The highest BCUT2D eigenvalue weighted by atomic mass is 16.6. The van der Waals surface area contributed by atoms with Gasteiger partial charge in [-0.3, -0.25) is 10.00 Å². The van der Waals surface area contributed by atoms with Crippen molar-refractivity contribution >= 4 is 17.0 Å². The number of aromatic amines is 1. The number of aromatic nitrogens is 4. The Morgan fingerprint density at radius 1 is 1.09 bits per heavy atom. The van der Waals surface area contributed by atoms with Gasteiger partial charge in [-0.2, -0.15) is 10.2 Å². The summed E-state index contributed by atoms with van der Waals surface area (Å²) in [6, 6.07) is 12.5. The van der Waals surface area contributed by atoms with Crippen molar-refractivity contribution in [3.8, 4) is 16.9 Å². The summed E-state index contributed by atoms with van der Waals surface area (Å²) < 4.78 is 7.65. The second-order valence-corrected chi connectivity index (χ2v) is 9.43. The number of hydrogen-bond acceptors (Lipinski definition) is 4. The van der Waals surface area contributed by atoms with E-state index >= 15 is 0 Å². The van der Waals surface area contributed by atoms with Crippen LogP contribution in [0.2, 0.25) is 0 Å². The van der Waals surface area contributed by atoms with E-state index in [1.54, 1.807) is 4.90 Å². The van der Waals surface area contributed by atoms with Crippen molar-refractivity contribution in [2.24, 2.45) is 0 Å². The second-order valence-electron chi connectivity index (χ2n) is 9.43. The Labute approximate surface area is 187 Å². The topological polar surface area (TPSA) is 76.0 Å². The van der Waals surface area contributed by atoms with Crippen molar-refractivity contribution < 1.29 is 9.53 Å². The Morgan fingerprint density at radius 3 is 2.56 bits per heavy atom. The fourth-order valence-electron chi connectivity index (χ4n) is 4.36. The Bertz CT molecular complexity index is 1320. The number of benzene rings is 2. The molecule has 164 valence electrons. The van der Waals surface area contributed by atoms with Crippen LogP contribution in [0.4, 0.5) is 4.79 Å². The van der Waals surface area contributed by atoms with Gasteiger partial charge in [-0.15, -0.1) is 0 Å². The van der Waals surface area contributed by atoms with Gasteiger partial charge in [0.1, 0.15) is 5.60 Å². The molecule has 32 heavy (non-hydrogen) atoms. The molecule has 0 atom stereocenters. The first-order valence-electron chi connectivity index (χ1n) is 10.8. The van der Waals surface area contributed by atoms with Gasteiger partial charge >= 0.3 is 6.09 Å². The van der Waals surface area contributed by atoms with E-state index in [1.807, 2.05) is 37.7 Å². The fraction of sp³-hybridized carbons (Fsp3) is 0.320. The van der Waals surface area contributed by atoms with Gasteiger partial charge in [0.15, 0.2) is 0 Å². The van der Waals surface area contributed by atoms with E-state index in [-0.39, 0.29) is 6.09 Å². The molecule has 7 heteroatoms. The van der Waals surface area contributed by atoms with Crippen LogP contribution in [0.1, 0.15) is 43.2 Å². The molecule has 0 bridgehead atoms. The third-order valence-corrected chi connectivity index (χ3v) is 5.77. The third kappa shape index (κ3) is 3.43. The van der Waals surface area contributed by atoms with E-state index in [9.17, 15) is 4.79 Å². The molecular weight excluding hydrogens is 402 g/mol. The predicted octanol–water partition coefficient (Wildman–Crippen LogP) is 5.28. The first-order valence-corrected chi connectivity index (χ1v) is 10.8. The number of carbonyl (C=O) groups is 1. The van der Waals surface area contributed by atoms with Crippen LogP contribution in [-0.4, -0.2) is 36.6 Å². The maximum absolute atomic E-state index is 12.7. The molecule has 0 fully saturated rings. The quantitative estimate of drug-likeness (QED) is 0.470. The highest BCUT2D eigenvalue weighted by Crippen LogP contribution is 2.37. The second kappa shape index (κ2) is 7.22. The van der Waals surface area contributed by atoms with Crippen LogP contribution in [0.5, 0.6) is 0 Å². The average Bonchev–Trinajstić information content (AvgIpc) is 3.40. The van der Waals surface area contributed by atoms with Crippen molar-refractivity contribution in [3.05, 3.63) is 65.0 Å². The summed E-state index contributed by atoms with van der Waals surface area (Å²) >= 11 is 0. The Kier molecular flexibility index (Phi) is 4.58. The van der Waals surface area contributed by atoms with Gasteiger partial charge in [-0.05, 0) is 57.9 Å². The van der Waals surface area contributed by atoms with Gasteiger partial charge in [0, 0.05) is 16.5 Å². The molecule has 1 aliphatic heterocycles. The van der Waals surface area contributed by atoms with Crippen LogP contribution >= 0.6 is 0 Å². The number of ether oxygens (including phenoxy) is 1. The van der Waals surface area contributed by atoms with E-state index in [4.69, 9.17) is 9.84 Å². The largest absolute Gasteiger partial charge is 0.444 e. The molecule has 7 nitrogen and oxygen atoms in total. The molecule has 1 amide bonds. The first-order chi connectivity index (χ1) is 15.2. The lowest BCUT2D eigenvalue weighted by Gasteiger charge is -2.24.